The average molecular weight is 263 g/mol. The van der Waals surface area contributed by atoms with Crippen molar-refractivity contribution >= 4 is 5.69 Å². The van der Waals surface area contributed by atoms with Gasteiger partial charge >= 0.3 is 6.18 Å². The van der Waals surface area contributed by atoms with Gasteiger partial charge in [-0.15, -0.1) is 0 Å². The number of halogens is 3. The van der Waals surface area contributed by atoms with Crippen LogP contribution in [0.4, 0.5) is 18.9 Å². The largest absolute Gasteiger partial charge is 0.491 e. The van der Waals surface area contributed by atoms with Crippen LogP contribution in [-0.2, 0) is 4.74 Å². The smallest absolute Gasteiger partial charge is 0.411 e. The quantitative estimate of drug-likeness (QED) is 0.656. The number of anilines is 1. The molecule has 0 heterocycles. The second-order valence-electron chi connectivity index (χ2n) is 3.94. The van der Waals surface area contributed by atoms with Crippen molar-refractivity contribution in [1.29, 1.82) is 0 Å². The van der Waals surface area contributed by atoms with Crippen molar-refractivity contribution in [1.82, 2.24) is 0 Å². The molecule has 18 heavy (non-hydrogen) atoms. The Morgan fingerprint density at radius 2 is 1.83 bits per heavy atom. The third-order valence-corrected chi connectivity index (χ3v) is 2.38. The first-order valence-corrected chi connectivity index (χ1v) is 5.44. The lowest BCUT2D eigenvalue weighted by Gasteiger charge is -2.14. The molecule has 0 bridgehead atoms. The molecule has 0 radical (unpaired) electrons. The minimum atomic E-state index is -4.30. The second-order valence-corrected chi connectivity index (χ2v) is 3.94. The minimum absolute atomic E-state index is 0.0568. The molecule has 0 saturated heterocycles. The molecule has 0 aliphatic rings. The van der Waals surface area contributed by atoms with Crippen LogP contribution in [0.15, 0.2) is 12.1 Å². The Hall–Kier alpha value is -1.43. The van der Waals surface area contributed by atoms with Crippen LogP contribution in [-0.4, -0.2) is 26.0 Å². The second kappa shape index (κ2) is 5.95. The van der Waals surface area contributed by atoms with E-state index in [-0.39, 0.29) is 13.2 Å². The summed E-state index contributed by atoms with van der Waals surface area (Å²) in [6.07, 6.45) is -4.30. The molecular formula is C12H16F3NO2. The van der Waals surface area contributed by atoms with Crippen molar-refractivity contribution < 1.29 is 22.6 Å². The fraction of sp³-hybridized carbons (Fsp3) is 0.500. The van der Waals surface area contributed by atoms with Crippen molar-refractivity contribution in [2.45, 2.75) is 20.0 Å². The number of benzene rings is 1. The van der Waals surface area contributed by atoms with E-state index in [1.54, 1.807) is 19.1 Å². The van der Waals surface area contributed by atoms with Gasteiger partial charge in [-0.25, -0.2) is 0 Å². The third kappa shape index (κ3) is 4.44. The normalized spacial score (nSPS) is 11.6. The van der Waals surface area contributed by atoms with E-state index in [0.717, 1.165) is 11.1 Å². The molecule has 0 atom stereocenters. The Balaban J connectivity index is 2.43. The lowest BCUT2D eigenvalue weighted by molar-refractivity contribution is -0.175. The van der Waals surface area contributed by atoms with E-state index in [0.29, 0.717) is 11.4 Å². The van der Waals surface area contributed by atoms with Crippen LogP contribution in [0.25, 0.3) is 0 Å². The molecule has 6 heteroatoms. The maximum absolute atomic E-state index is 11.8. The maximum Gasteiger partial charge on any atom is 0.411 e. The standard InChI is InChI=1S/C12H16F3NO2/c1-8-3-4-10(16)9(2)11(8)18-6-5-17-7-12(13,14)15/h3-4H,5-7,16H2,1-2H3. The van der Waals surface area contributed by atoms with Gasteiger partial charge in [0.15, 0.2) is 0 Å². The number of rotatable bonds is 5. The Labute approximate surface area is 104 Å². The number of nitrogen functional groups attached to an aromatic ring is 1. The fourth-order valence-electron chi connectivity index (χ4n) is 1.45. The summed E-state index contributed by atoms with van der Waals surface area (Å²) in [5.41, 5.74) is 7.98. The highest BCUT2D eigenvalue weighted by atomic mass is 19.4. The molecule has 1 rings (SSSR count). The summed E-state index contributed by atoms with van der Waals surface area (Å²) in [5.74, 6) is 0.602. The monoisotopic (exact) mass is 263 g/mol. The van der Waals surface area contributed by atoms with Crippen LogP contribution in [0, 0.1) is 13.8 Å². The molecule has 0 aliphatic heterocycles. The van der Waals surface area contributed by atoms with Gasteiger partial charge in [-0.2, -0.15) is 13.2 Å². The number of hydrogen-bond donors (Lipinski definition) is 1. The topological polar surface area (TPSA) is 44.5 Å². The van der Waals surface area contributed by atoms with E-state index in [2.05, 4.69) is 4.74 Å². The molecule has 1 aromatic rings. The van der Waals surface area contributed by atoms with Crippen LogP contribution in [0.5, 0.6) is 5.75 Å². The van der Waals surface area contributed by atoms with Gasteiger partial charge in [-0.05, 0) is 25.5 Å². The van der Waals surface area contributed by atoms with Crippen molar-refractivity contribution in [3.05, 3.63) is 23.3 Å². The molecule has 0 aromatic heterocycles. The van der Waals surface area contributed by atoms with Gasteiger partial charge in [-0.3, -0.25) is 0 Å². The fourth-order valence-corrected chi connectivity index (χ4v) is 1.45. The maximum atomic E-state index is 11.8. The van der Waals surface area contributed by atoms with Gasteiger partial charge in [0.25, 0.3) is 0 Å². The van der Waals surface area contributed by atoms with Crippen LogP contribution < -0.4 is 10.5 Å². The number of nitrogens with two attached hydrogens (primary N) is 1. The summed E-state index contributed by atoms with van der Waals surface area (Å²) in [6.45, 7) is 2.33. The predicted molar refractivity (Wildman–Crippen MR) is 62.7 cm³/mol. The highest BCUT2D eigenvalue weighted by Crippen LogP contribution is 2.27. The van der Waals surface area contributed by atoms with Gasteiger partial charge in [0.2, 0.25) is 0 Å². The van der Waals surface area contributed by atoms with E-state index < -0.39 is 12.8 Å². The summed E-state index contributed by atoms with van der Waals surface area (Å²) < 4.78 is 45.3. The van der Waals surface area contributed by atoms with Gasteiger partial charge in [0.1, 0.15) is 19.0 Å². The Morgan fingerprint density at radius 1 is 1.17 bits per heavy atom. The number of aryl methyl sites for hydroxylation is 1. The molecule has 3 nitrogen and oxygen atoms in total. The molecule has 0 saturated carbocycles. The molecule has 0 fully saturated rings. The van der Waals surface area contributed by atoms with E-state index in [4.69, 9.17) is 10.5 Å². The molecule has 0 amide bonds. The molecule has 2 N–H and O–H groups in total. The van der Waals surface area contributed by atoms with Crippen molar-refractivity contribution in [3.8, 4) is 5.75 Å². The first-order valence-electron chi connectivity index (χ1n) is 5.44. The number of alkyl halides is 3. The van der Waals surface area contributed by atoms with E-state index in [1.165, 1.54) is 0 Å². The highest BCUT2D eigenvalue weighted by Gasteiger charge is 2.27. The highest BCUT2D eigenvalue weighted by molar-refractivity contribution is 5.56. The van der Waals surface area contributed by atoms with Crippen LogP contribution >= 0.6 is 0 Å². The molecule has 0 unspecified atom stereocenters. The van der Waals surface area contributed by atoms with Gasteiger partial charge in [0.05, 0.1) is 6.61 Å². The summed E-state index contributed by atoms with van der Waals surface area (Å²) in [6, 6.07) is 3.56. The van der Waals surface area contributed by atoms with Crippen molar-refractivity contribution in [3.63, 3.8) is 0 Å². The molecular weight excluding hydrogens is 247 g/mol. The Kier molecular flexibility index (Phi) is 4.84. The Morgan fingerprint density at radius 3 is 2.44 bits per heavy atom. The lowest BCUT2D eigenvalue weighted by Crippen LogP contribution is -2.19. The number of hydrogen-bond acceptors (Lipinski definition) is 3. The van der Waals surface area contributed by atoms with Crippen LogP contribution in [0.2, 0.25) is 0 Å². The molecule has 1 aromatic carbocycles. The average Bonchev–Trinajstić information content (AvgIpc) is 2.26. The minimum Gasteiger partial charge on any atom is -0.491 e. The van der Waals surface area contributed by atoms with E-state index in [1.807, 2.05) is 6.92 Å². The Bertz CT molecular complexity index is 405. The summed E-state index contributed by atoms with van der Waals surface area (Å²) >= 11 is 0. The lowest BCUT2D eigenvalue weighted by atomic mass is 10.1. The molecule has 102 valence electrons. The van der Waals surface area contributed by atoms with Crippen LogP contribution in [0.1, 0.15) is 11.1 Å². The third-order valence-electron chi connectivity index (χ3n) is 2.38. The van der Waals surface area contributed by atoms with E-state index in [9.17, 15) is 13.2 Å². The zero-order valence-corrected chi connectivity index (χ0v) is 10.3. The van der Waals surface area contributed by atoms with Crippen molar-refractivity contribution in [2.75, 3.05) is 25.6 Å². The van der Waals surface area contributed by atoms with E-state index >= 15 is 0 Å². The molecule has 0 spiro atoms. The van der Waals surface area contributed by atoms with Crippen LogP contribution in [0.3, 0.4) is 0 Å². The van der Waals surface area contributed by atoms with Crippen molar-refractivity contribution in [2.24, 2.45) is 0 Å². The predicted octanol–water partition coefficient (Wildman–Crippen LogP) is 2.84. The summed E-state index contributed by atoms with van der Waals surface area (Å²) in [7, 11) is 0. The van der Waals surface area contributed by atoms with Gasteiger partial charge in [0, 0.05) is 11.3 Å². The summed E-state index contributed by atoms with van der Waals surface area (Å²) in [5, 5.41) is 0. The van der Waals surface area contributed by atoms with Gasteiger partial charge in [-0.1, -0.05) is 6.07 Å². The molecule has 0 aliphatic carbocycles. The first-order chi connectivity index (χ1) is 8.31. The SMILES string of the molecule is Cc1ccc(N)c(C)c1OCCOCC(F)(F)F. The zero-order chi connectivity index (χ0) is 13.8. The summed E-state index contributed by atoms with van der Waals surface area (Å²) in [4.78, 5) is 0. The first kappa shape index (κ1) is 14.6. The number of ether oxygens (including phenoxy) is 2. The zero-order valence-electron chi connectivity index (χ0n) is 10.3. The van der Waals surface area contributed by atoms with Gasteiger partial charge < -0.3 is 15.2 Å².